The Morgan fingerprint density at radius 3 is 2.92 bits per heavy atom. The second kappa shape index (κ2) is 3.93. The van der Waals surface area contributed by atoms with Gasteiger partial charge >= 0.3 is 0 Å². The number of aliphatic hydroxyl groups excluding tert-OH is 1. The zero-order valence-corrected chi connectivity index (χ0v) is 7.55. The van der Waals surface area contributed by atoms with E-state index < -0.39 is 6.04 Å². The Kier molecular flexibility index (Phi) is 2.89. The summed E-state index contributed by atoms with van der Waals surface area (Å²) in [5, 5.41) is 16.5. The SMILES string of the molecule is Cc1cc(C(CO)N=[N+]=[N-])n(C)n1. The van der Waals surface area contributed by atoms with Crippen molar-refractivity contribution in [1.29, 1.82) is 0 Å². The number of hydrogen-bond acceptors (Lipinski definition) is 3. The lowest BCUT2D eigenvalue weighted by molar-refractivity contribution is 0.263. The van der Waals surface area contributed by atoms with Crippen LogP contribution < -0.4 is 0 Å². The number of hydrogen-bond donors (Lipinski definition) is 1. The molecule has 1 aromatic rings. The molecule has 1 aromatic heterocycles. The van der Waals surface area contributed by atoms with Gasteiger partial charge in [0.1, 0.15) is 6.04 Å². The third-order valence-electron chi connectivity index (χ3n) is 1.74. The standard InChI is InChI=1S/C7H11N5O/c1-5-3-7(12(2)10-5)6(4-13)9-11-8/h3,6,13H,4H2,1-2H3. The first kappa shape index (κ1) is 9.57. The van der Waals surface area contributed by atoms with Gasteiger partial charge < -0.3 is 5.11 Å². The van der Waals surface area contributed by atoms with Crippen LogP contribution in [0.4, 0.5) is 0 Å². The average Bonchev–Trinajstić information content (AvgIpc) is 2.41. The Morgan fingerprint density at radius 1 is 1.85 bits per heavy atom. The molecule has 6 nitrogen and oxygen atoms in total. The van der Waals surface area contributed by atoms with E-state index in [-0.39, 0.29) is 6.61 Å². The highest BCUT2D eigenvalue weighted by atomic mass is 16.3. The summed E-state index contributed by atoms with van der Waals surface area (Å²) in [5.41, 5.74) is 9.80. The van der Waals surface area contributed by atoms with Gasteiger partial charge in [0.2, 0.25) is 0 Å². The molecule has 13 heavy (non-hydrogen) atoms. The first-order chi connectivity index (χ1) is 6.19. The molecule has 0 amide bonds. The minimum atomic E-state index is -0.545. The minimum Gasteiger partial charge on any atom is -0.396 e. The van der Waals surface area contributed by atoms with Crippen LogP contribution in [-0.4, -0.2) is 21.5 Å². The molecule has 70 valence electrons. The van der Waals surface area contributed by atoms with E-state index >= 15 is 0 Å². The summed E-state index contributed by atoms with van der Waals surface area (Å²) in [4.78, 5) is 2.66. The van der Waals surface area contributed by atoms with Gasteiger partial charge in [0.25, 0.3) is 0 Å². The second-order valence-electron chi connectivity index (χ2n) is 2.74. The van der Waals surface area contributed by atoms with Crippen LogP contribution in [0.15, 0.2) is 11.2 Å². The van der Waals surface area contributed by atoms with E-state index in [4.69, 9.17) is 10.6 Å². The number of rotatable bonds is 3. The normalized spacial score (nSPS) is 12.2. The Bertz CT molecular complexity index is 339. The van der Waals surface area contributed by atoms with Crippen LogP contribution in [0.1, 0.15) is 17.4 Å². The largest absolute Gasteiger partial charge is 0.396 e. The fraction of sp³-hybridized carbons (Fsp3) is 0.571. The van der Waals surface area contributed by atoms with E-state index in [1.54, 1.807) is 17.8 Å². The summed E-state index contributed by atoms with van der Waals surface area (Å²) in [6.45, 7) is 1.64. The van der Waals surface area contributed by atoms with E-state index in [1.165, 1.54) is 0 Å². The van der Waals surface area contributed by atoms with Crippen molar-refractivity contribution in [3.05, 3.63) is 27.9 Å². The molecule has 0 radical (unpaired) electrons. The zero-order chi connectivity index (χ0) is 9.84. The molecule has 0 aliphatic carbocycles. The summed E-state index contributed by atoms with van der Waals surface area (Å²) < 4.78 is 1.60. The van der Waals surface area contributed by atoms with Crippen molar-refractivity contribution in [3.63, 3.8) is 0 Å². The molecule has 0 aromatic carbocycles. The summed E-state index contributed by atoms with van der Waals surface area (Å²) in [5.74, 6) is 0. The van der Waals surface area contributed by atoms with Crippen LogP contribution in [0, 0.1) is 6.92 Å². The molecule has 1 unspecified atom stereocenters. The molecule has 0 aliphatic rings. The molecule has 0 saturated carbocycles. The molecular formula is C7H11N5O. The van der Waals surface area contributed by atoms with Crippen LogP contribution >= 0.6 is 0 Å². The summed E-state index contributed by atoms with van der Waals surface area (Å²) in [7, 11) is 1.75. The maximum Gasteiger partial charge on any atom is 0.102 e. The summed E-state index contributed by atoms with van der Waals surface area (Å²) in [6, 6.07) is 1.24. The van der Waals surface area contributed by atoms with Gasteiger partial charge in [-0.05, 0) is 18.5 Å². The Balaban J connectivity index is 3.03. The predicted octanol–water partition coefficient (Wildman–Crippen LogP) is 1.07. The van der Waals surface area contributed by atoms with Gasteiger partial charge in [0.15, 0.2) is 0 Å². The fourth-order valence-corrected chi connectivity index (χ4v) is 1.19. The van der Waals surface area contributed by atoms with Crippen LogP contribution in [0.5, 0.6) is 0 Å². The molecule has 6 heteroatoms. The number of azide groups is 1. The van der Waals surface area contributed by atoms with Gasteiger partial charge in [0, 0.05) is 17.7 Å². The monoisotopic (exact) mass is 181 g/mol. The van der Waals surface area contributed by atoms with Crippen molar-refractivity contribution in [3.8, 4) is 0 Å². The van der Waals surface area contributed by atoms with Gasteiger partial charge in [-0.1, -0.05) is 5.11 Å². The second-order valence-corrected chi connectivity index (χ2v) is 2.74. The zero-order valence-electron chi connectivity index (χ0n) is 7.55. The quantitative estimate of drug-likeness (QED) is 0.429. The molecule has 0 aliphatic heterocycles. The number of aliphatic hydroxyl groups is 1. The highest BCUT2D eigenvalue weighted by Gasteiger charge is 2.12. The highest BCUT2D eigenvalue weighted by Crippen LogP contribution is 2.16. The fourth-order valence-electron chi connectivity index (χ4n) is 1.19. The highest BCUT2D eigenvalue weighted by molar-refractivity contribution is 5.13. The number of aromatic nitrogens is 2. The topological polar surface area (TPSA) is 86.8 Å². The molecule has 0 fully saturated rings. The van der Waals surface area contributed by atoms with Gasteiger partial charge in [-0.25, -0.2) is 0 Å². The minimum absolute atomic E-state index is 0.205. The number of aryl methyl sites for hydroxylation is 2. The van der Waals surface area contributed by atoms with E-state index in [1.807, 2.05) is 6.92 Å². The van der Waals surface area contributed by atoms with E-state index in [0.717, 1.165) is 11.4 Å². The van der Waals surface area contributed by atoms with Crippen molar-refractivity contribution < 1.29 is 5.11 Å². The van der Waals surface area contributed by atoms with Crippen LogP contribution in [0.2, 0.25) is 0 Å². The van der Waals surface area contributed by atoms with Crippen LogP contribution in [0.25, 0.3) is 10.4 Å². The smallest absolute Gasteiger partial charge is 0.102 e. The molecular weight excluding hydrogens is 170 g/mol. The third-order valence-corrected chi connectivity index (χ3v) is 1.74. The maximum absolute atomic E-state index is 8.94. The Morgan fingerprint density at radius 2 is 2.54 bits per heavy atom. The van der Waals surface area contributed by atoms with Crippen molar-refractivity contribution in [2.75, 3.05) is 6.61 Å². The van der Waals surface area contributed by atoms with Crippen molar-refractivity contribution in [2.45, 2.75) is 13.0 Å². The molecule has 0 spiro atoms. The van der Waals surface area contributed by atoms with E-state index in [0.29, 0.717) is 0 Å². The first-order valence-electron chi connectivity index (χ1n) is 3.84. The van der Waals surface area contributed by atoms with Crippen LogP contribution in [0.3, 0.4) is 0 Å². The van der Waals surface area contributed by atoms with Crippen molar-refractivity contribution >= 4 is 0 Å². The van der Waals surface area contributed by atoms with Gasteiger partial charge in [-0.3, -0.25) is 4.68 Å². The average molecular weight is 181 g/mol. The lowest BCUT2D eigenvalue weighted by atomic mass is 10.2. The summed E-state index contributed by atoms with van der Waals surface area (Å²) in [6.07, 6.45) is 0. The lowest BCUT2D eigenvalue weighted by Crippen LogP contribution is -2.06. The molecule has 1 rings (SSSR count). The van der Waals surface area contributed by atoms with Crippen LogP contribution in [-0.2, 0) is 7.05 Å². The molecule has 1 N–H and O–H groups in total. The predicted molar refractivity (Wildman–Crippen MR) is 46.9 cm³/mol. The number of nitrogens with zero attached hydrogens (tertiary/aromatic N) is 5. The van der Waals surface area contributed by atoms with Gasteiger partial charge in [-0.2, -0.15) is 5.10 Å². The van der Waals surface area contributed by atoms with E-state index in [2.05, 4.69) is 15.1 Å². The Hall–Kier alpha value is -1.52. The van der Waals surface area contributed by atoms with Gasteiger partial charge in [0.05, 0.1) is 12.3 Å². The third kappa shape index (κ3) is 1.99. The van der Waals surface area contributed by atoms with Gasteiger partial charge in [-0.15, -0.1) is 0 Å². The Labute approximate surface area is 75.4 Å². The first-order valence-corrected chi connectivity index (χ1v) is 3.84. The van der Waals surface area contributed by atoms with Crippen molar-refractivity contribution in [1.82, 2.24) is 9.78 Å². The summed E-state index contributed by atoms with van der Waals surface area (Å²) >= 11 is 0. The maximum atomic E-state index is 8.94. The van der Waals surface area contributed by atoms with Crippen molar-refractivity contribution in [2.24, 2.45) is 12.2 Å². The molecule has 1 atom stereocenters. The molecule has 0 bridgehead atoms. The molecule has 1 heterocycles. The lowest BCUT2D eigenvalue weighted by Gasteiger charge is -2.06. The van der Waals surface area contributed by atoms with E-state index in [9.17, 15) is 0 Å². The molecule has 0 saturated heterocycles.